The first-order valence-corrected chi connectivity index (χ1v) is 10.9. The maximum Gasteiger partial charge on any atom is 0.330 e. The lowest BCUT2D eigenvalue weighted by Crippen LogP contribution is -2.46. The molecule has 0 aromatic heterocycles. The van der Waals surface area contributed by atoms with Crippen LogP contribution in [0.5, 0.6) is 0 Å². The smallest absolute Gasteiger partial charge is 0.330 e. The minimum absolute atomic E-state index is 0.0644. The molecule has 12 heteroatoms. The summed E-state index contributed by atoms with van der Waals surface area (Å²) in [4.78, 5) is 57.2. The Bertz CT molecular complexity index is 752. The maximum atomic E-state index is 11.7. The fourth-order valence-corrected chi connectivity index (χ4v) is 2.39. The molecule has 0 amide bonds. The van der Waals surface area contributed by atoms with Crippen LogP contribution in [-0.4, -0.2) is 88.3 Å². The lowest BCUT2D eigenvalue weighted by molar-refractivity contribution is -0.166. The van der Waals surface area contributed by atoms with Gasteiger partial charge < -0.3 is 33.5 Å². The molecule has 0 saturated heterocycles. The van der Waals surface area contributed by atoms with E-state index >= 15 is 0 Å². The summed E-state index contributed by atoms with van der Waals surface area (Å²) in [6.45, 7) is 14.4. The number of aliphatic hydroxyl groups excluding tert-OH is 1. The van der Waals surface area contributed by atoms with Crippen LogP contribution in [0, 0.1) is 10.8 Å². The Morgan fingerprint density at radius 3 is 1.49 bits per heavy atom. The van der Waals surface area contributed by atoms with Crippen LogP contribution in [0.15, 0.2) is 51.1 Å². The molecule has 0 aliphatic rings. The largest absolute Gasteiger partial charge is 0.467 e. The second-order valence-corrected chi connectivity index (χ2v) is 7.51. The third-order valence-electron chi connectivity index (χ3n) is 4.50. The monoisotopic (exact) mass is 528 g/mol. The molecule has 0 heterocycles. The number of carbonyl (C=O) groups is 5. The van der Waals surface area contributed by atoms with Crippen LogP contribution in [0.3, 0.4) is 0 Å². The molecule has 0 fully saturated rings. The lowest BCUT2D eigenvalue weighted by atomic mass is 9.90. The average molecular weight is 529 g/mol. The zero-order valence-electron chi connectivity index (χ0n) is 21.1. The molecular formula is C25H36O12. The Kier molecular flexibility index (Phi) is 19.5. The van der Waals surface area contributed by atoms with Gasteiger partial charge in [-0.3, -0.25) is 9.59 Å². The first kappa shape index (κ1) is 35.4. The minimum atomic E-state index is -1.40. The highest BCUT2D eigenvalue weighted by Crippen LogP contribution is 2.25. The Balaban J connectivity index is 0. The molecular weight excluding hydrogens is 492 g/mol. The van der Waals surface area contributed by atoms with Crippen molar-refractivity contribution in [1.29, 1.82) is 0 Å². The van der Waals surface area contributed by atoms with E-state index in [1.165, 1.54) is 0 Å². The average Bonchev–Trinajstić information content (AvgIpc) is 2.94. The fourth-order valence-electron chi connectivity index (χ4n) is 2.39. The topological polar surface area (TPSA) is 161 Å². The summed E-state index contributed by atoms with van der Waals surface area (Å²) in [5.41, 5.74) is -2.73. The molecule has 0 radical (unpaired) electrons. The van der Waals surface area contributed by atoms with E-state index < -0.39 is 54.5 Å². The zero-order valence-corrected chi connectivity index (χ0v) is 21.1. The maximum absolute atomic E-state index is 11.7. The Labute approximate surface area is 216 Å². The van der Waals surface area contributed by atoms with Crippen LogP contribution in [0.25, 0.3) is 0 Å². The summed E-state index contributed by atoms with van der Waals surface area (Å²) < 4.78 is 30.8. The van der Waals surface area contributed by atoms with Gasteiger partial charge in [-0.1, -0.05) is 26.7 Å². The summed E-state index contributed by atoms with van der Waals surface area (Å²) in [6.07, 6.45) is 2.81. The Morgan fingerprint density at radius 1 is 0.703 bits per heavy atom. The highest BCUT2D eigenvalue weighted by Gasteiger charge is 2.39. The molecule has 0 rings (SSSR count). The van der Waals surface area contributed by atoms with Gasteiger partial charge >= 0.3 is 23.9 Å². The first-order valence-electron chi connectivity index (χ1n) is 10.9. The van der Waals surface area contributed by atoms with Gasteiger partial charge in [0.25, 0.3) is 6.47 Å². The molecule has 0 spiro atoms. The number of ether oxygens (including phenoxy) is 6. The van der Waals surface area contributed by atoms with Gasteiger partial charge in [0.15, 0.2) is 0 Å². The van der Waals surface area contributed by atoms with Gasteiger partial charge in [0, 0.05) is 24.6 Å². The summed E-state index contributed by atoms with van der Waals surface area (Å²) in [5.74, 6) is -2.91. The van der Waals surface area contributed by atoms with Crippen LogP contribution in [0.1, 0.15) is 13.3 Å². The van der Waals surface area contributed by atoms with E-state index in [0.717, 1.165) is 18.2 Å². The summed E-state index contributed by atoms with van der Waals surface area (Å²) in [7, 11) is 0. The van der Waals surface area contributed by atoms with Gasteiger partial charge in [-0.05, 0) is 0 Å². The predicted molar refractivity (Wildman–Crippen MR) is 131 cm³/mol. The van der Waals surface area contributed by atoms with E-state index in [4.69, 9.17) is 28.4 Å². The van der Waals surface area contributed by atoms with Crippen LogP contribution in [-0.2, 0) is 52.4 Å². The van der Waals surface area contributed by atoms with Crippen molar-refractivity contribution in [3.8, 4) is 0 Å². The third kappa shape index (κ3) is 15.1. The summed E-state index contributed by atoms with van der Waals surface area (Å²) in [5, 5.41) is 10.00. The highest BCUT2D eigenvalue weighted by atomic mass is 16.6. The molecule has 1 unspecified atom stereocenters. The molecule has 0 aromatic rings. The van der Waals surface area contributed by atoms with Gasteiger partial charge in [0.2, 0.25) is 0 Å². The first-order chi connectivity index (χ1) is 17.6. The number of rotatable bonds is 20. The summed E-state index contributed by atoms with van der Waals surface area (Å²) >= 11 is 0. The molecule has 12 nitrogen and oxygen atoms in total. The molecule has 37 heavy (non-hydrogen) atoms. The molecule has 208 valence electrons. The molecule has 1 N–H and O–H groups in total. The molecule has 1 atom stereocenters. The number of carbonyl (C=O) groups excluding carboxylic acids is 5. The van der Waals surface area contributed by atoms with Crippen molar-refractivity contribution in [1.82, 2.24) is 0 Å². The van der Waals surface area contributed by atoms with Gasteiger partial charge in [-0.15, -0.1) is 13.2 Å². The Hall–Kier alpha value is -3.77. The summed E-state index contributed by atoms with van der Waals surface area (Å²) in [6, 6.07) is 0. The van der Waals surface area contributed by atoms with E-state index in [0.29, 0.717) is 0 Å². The predicted octanol–water partition coefficient (Wildman–Crippen LogP) is 1.08. The van der Waals surface area contributed by atoms with Gasteiger partial charge in [-0.25, -0.2) is 14.4 Å². The fraction of sp³-hybridized carbons (Fsp3) is 0.480. The normalized spacial score (nSPS) is 11.7. The zero-order chi connectivity index (χ0) is 28.7. The number of hydrogen-bond donors (Lipinski definition) is 1. The molecule has 0 bridgehead atoms. The van der Waals surface area contributed by atoms with Crippen molar-refractivity contribution >= 4 is 30.3 Å². The van der Waals surface area contributed by atoms with Crippen molar-refractivity contribution in [2.75, 3.05) is 52.9 Å². The molecule has 0 saturated carbocycles. The lowest BCUT2D eigenvalue weighted by Gasteiger charge is -2.34. The van der Waals surface area contributed by atoms with E-state index in [-0.39, 0.29) is 45.9 Å². The van der Waals surface area contributed by atoms with Crippen LogP contribution < -0.4 is 0 Å². The molecule has 0 aliphatic heterocycles. The SMILES string of the molecule is C=C.C=CC(=O)OCC(CO)(COCC(COC=O)(COC(=O)C=C)COC(=O)CC)COC(=O)C=C. The highest BCUT2D eigenvalue weighted by molar-refractivity contribution is 5.82. The second-order valence-electron chi connectivity index (χ2n) is 7.51. The quantitative estimate of drug-likeness (QED) is 0.0788. The van der Waals surface area contributed by atoms with Gasteiger partial charge in [0.05, 0.1) is 30.7 Å². The van der Waals surface area contributed by atoms with E-state index in [1.54, 1.807) is 6.92 Å². The molecule has 0 aromatic carbocycles. The minimum Gasteiger partial charge on any atom is -0.467 e. The van der Waals surface area contributed by atoms with Crippen molar-refractivity contribution in [2.24, 2.45) is 10.8 Å². The van der Waals surface area contributed by atoms with E-state index in [1.807, 2.05) is 0 Å². The van der Waals surface area contributed by atoms with E-state index in [2.05, 4.69) is 32.9 Å². The third-order valence-corrected chi connectivity index (χ3v) is 4.50. The van der Waals surface area contributed by atoms with Crippen LogP contribution in [0.4, 0.5) is 0 Å². The number of aliphatic hydroxyl groups is 1. The second kappa shape index (κ2) is 20.4. The number of hydrogen-bond acceptors (Lipinski definition) is 12. The van der Waals surface area contributed by atoms with Gasteiger partial charge in [0.1, 0.15) is 33.0 Å². The van der Waals surface area contributed by atoms with Crippen molar-refractivity contribution < 1.29 is 57.5 Å². The van der Waals surface area contributed by atoms with Gasteiger partial charge in [-0.2, -0.15) is 0 Å². The number of esters is 4. The van der Waals surface area contributed by atoms with Crippen LogP contribution in [0.2, 0.25) is 0 Å². The standard InChI is InChI=1S/C23H32O12.C2H4/c1-5-18(26)32-13-22(9-24,14-33-19(27)6-2)10-30-11-23(12-31-17-25,15-34-20(28)7-3)16-35-21(29)8-4;1-2/h5-7,17,24H,1-3,8-16H2,4H3;1-2H2. The van der Waals surface area contributed by atoms with Crippen molar-refractivity contribution in [3.63, 3.8) is 0 Å². The molecule has 0 aliphatic carbocycles. The van der Waals surface area contributed by atoms with E-state index in [9.17, 15) is 29.1 Å². The van der Waals surface area contributed by atoms with Crippen molar-refractivity contribution in [2.45, 2.75) is 13.3 Å². The Morgan fingerprint density at radius 2 is 1.11 bits per heavy atom. The van der Waals surface area contributed by atoms with Crippen molar-refractivity contribution in [3.05, 3.63) is 51.1 Å². The van der Waals surface area contributed by atoms with Crippen LogP contribution >= 0.6 is 0 Å².